The zero-order chi connectivity index (χ0) is 23.9. The number of hydrogen-bond donors (Lipinski definition) is 1. The summed E-state index contributed by atoms with van der Waals surface area (Å²) in [5, 5.41) is 2.73. The van der Waals surface area contributed by atoms with Gasteiger partial charge < -0.3 is 15.0 Å². The van der Waals surface area contributed by atoms with Crippen LogP contribution in [-0.2, 0) is 26.2 Å². The molecular weight excluding hydrogens is 430 g/mol. The van der Waals surface area contributed by atoms with Gasteiger partial charge in [-0.05, 0) is 38.5 Å². The number of aryl methyl sites for hydroxylation is 1. The van der Waals surface area contributed by atoms with E-state index in [1.807, 2.05) is 31.2 Å². The molecule has 1 unspecified atom stereocenters. The zero-order valence-corrected chi connectivity index (χ0v) is 20.0. The third kappa shape index (κ3) is 6.46. The van der Waals surface area contributed by atoms with Gasteiger partial charge in [-0.25, -0.2) is 8.42 Å². The number of methoxy groups -OCH3 is 1. The number of nitrogens with zero attached hydrogens (tertiary/aromatic N) is 2. The van der Waals surface area contributed by atoms with E-state index in [2.05, 4.69) is 5.32 Å². The molecule has 2 amide bonds. The van der Waals surface area contributed by atoms with Gasteiger partial charge in [-0.1, -0.05) is 42.0 Å². The maximum Gasteiger partial charge on any atom is 0.244 e. The molecule has 0 spiro atoms. The minimum Gasteiger partial charge on any atom is -0.495 e. The summed E-state index contributed by atoms with van der Waals surface area (Å²) in [7, 11) is -2.38. The first kappa shape index (κ1) is 25.2. The van der Waals surface area contributed by atoms with Crippen molar-refractivity contribution < 1.29 is 22.7 Å². The molecule has 1 N–H and O–H groups in total. The predicted molar refractivity (Wildman–Crippen MR) is 125 cm³/mol. The van der Waals surface area contributed by atoms with Crippen LogP contribution in [0.2, 0.25) is 0 Å². The van der Waals surface area contributed by atoms with E-state index in [4.69, 9.17) is 4.74 Å². The van der Waals surface area contributed by atoms with Crippen molar-refractivity contribution in [2.75, 3.05) is 30.8 Å². The lowest BCUT2D eigenvalue weighted by atomic mass is 10.1. The van der Waals surface area contributed by atoms with Crippen molar-refractivity contribution in [3.8, 4) is 5.75 Å². The first-order valence-corrected chi connectivity index (χ1v) is 12.2. The fourth-order valence-electron chi connectivity index (χ4n) is 3.34. The van der Waals surface area contributed by atoms with Crippen molar-refractivity contribution in [3.05, 3.63) is 59.7 Å². The highest BCUT2D eigenvalue weighted by Crippen LogP contribution is 2.29. The van der Waals surface area contributed by atoms with E-state index in [0.29, 0.717) is 12.3 Å². The van der Waals surface area contributed by atoms with Crippen LogP contribution in [0.15, 0.2) is 48.5 Å². The highest BCUT2D eigenvalue weighted by molar-refractivity contribution is 7.92. The smallest absolute Gasteiger partial charge is 0.244 e. The van der Waals surface area contributed by atoms with E-state index in [9.17, 15) is 18.0 Å². The van der Waals surface area contributed by atoms with Crippen molar-refractivity contribution in [2.24, 2.45) is 0 Å². The molecule has 174 valence electrons. The lowest BCUT2D eigenvalue weighted by molar-refractivity contribution is -0.139. The van der Waals surface area contributed by atoms with E-state index in [1.54, 1.807) is 38.1 Å². The standard InChI is InChI=1S/C23H31N3O5S/c1-6-24-23(28)18(3)25(15-19-11-9-10-17(2)14-19)22(27)16-26(32(5,29)30)20-12-7-8-13-21(20)31-4/h7-14,18H,6,15-16H2,1-5H3,(H,24,28). The van der Waals surface area contributed by atoms with Crippen LogP contribution in [0.4, 0.5) is 5.69 Å². The summed E-state index contributed by atoms with van der Waals surface area (Å²) in [6.07, 6.45) is 1.03. The summed E-state index contributed by atoms with van der Waals surface area (Å²) in [6.45, 7) is 5.50. The number of benzene rings is 2. The minimum atomic E-state index is -3.81. The van der Waals surface area contributed by atoms with E-state index < -0.39 is 28.5 Å². The molecule has 0 aliphatic heterocycles. The summed E-state index contributed by atoms with van der Waals surface area (Å²) >= 11 is 0. The fourth-order valence-corrected chi connectivity index (χ4v) is 4.20. The molecule has 32 heavy (non-hydrogen) atoms. The minimum absolute atomic E-state index is 0.169. The van der Waals surface area contributed by atoms with Gasteiger partial charge in [0.05, 0.1) is 19.1 Å². The normalized spacial score (nSPS) is 12.0. The van der Waals surface area contributed by atoms with Crippen LogP contribution in [0, 0.1) is 6.92 Å². The number of sulfonamides is 1. The van der Waals surface area contributed by atoms with E-state index in [0.717, 1.165) is 21.7 Å². The van der Waals surface area contributed by atoms with Crippen LogP contribution in [0.1, 0.15) is 25.0 Å². The summed E-state index contributed by atoms with van der Waals surface area (Å²) in [5.41, 5.74) is 2.12. The van der Waals surface area contributed by atoms with E-state index in [1.165, 1.54) is 12.0 Å². The second-order valence-corrected chi connectivity index (χ2v) is 9.43. The van der Waals surface area contributed by atoms with Gasteiger partial charge in [0.1, 0.15) is 18.3 Å². The fraction of sp³-hybridized carbons (Fsp3) is 0.391. The molecular formula is C23H31N3O5S. The number of amides is 2. The van der Waals surface area contributed by atoms with Gasteiger partial charge in [0.2, 0.25) is 21.8 Å². The van der Waals surface area contributed by atoms with Gasteiger partial charge in [-0.3, -0.25) is 13.9 Å². The number of carbonyl (C=O) groups is 2. The molecule has 0 bridgehead atoms. The Hall–Kier alpha value is -3.07. The molecule has 0 saturated heterocycles. The van der Waals surface area contributed by atoms with Crippen molar-refractivity contribution in [1.82, 2.24) is 10.2 Å². The first-order chi connectivity index (χ1) is 15.1. The van der Waals surface area contributed by atoms with Crippen LogP contribution >= 0.6 is 0 Å². The maximum atomic E-state index is 13.4. The van der Waals surface area contributed by atoms with Gasteiger partial charge in [0.15, 0.2) is 0 Å². The lowest BCUT2D eigenvalue weighted by Gasteiger charge is -2.31. The van der Waals surface area contributed by atoms with Crippen molar-refractivity contribution in [2.45, 2.75) is 33.4 Å². The Balaban J connectivity index is 2.42. The highest BCUT2D eigenvalue weighted by Gasteiger charge is 2.30. The molecule has 0 radical (unpaired) electrons. The highest BCUT2D eigenvalue weighted by atomic mass is 32.2. The number of carbonyl (C=O) groups excluding carboxylic acids is 2. The molecule has 0 aromatic heterocycles. The van der Waals surface area contributed by atoms with E-state index in [-0.39, 0.29) is 18.1 Å². The van der Waals surface area contributed by atoms with Crippen molar-refractivity contribution in [1.29, 1.82) is 0 Å². The first-order valence-electron chi connectivity index (χ1n) is 10.3. The van der Waals surface area contributed by atoms with Crippen LogP contribution in [0.5, 0.6) is 5.75 Å². The van der Waals surface area contributed by atoms with E-state index >= 15 is 0 Å². The monoisotopic (exact) mass is 461 g/mol. The number of likely N-dealkylation sites (N-methyl/N-ethyl adjacent to an activating group) is 1. The molecule has 0 saturated carbocycles. The van der Waals surface area contributed by atoms with Gasteiger partial charge in [-0.2, -0.15) is 0 Å². The molecule has 8 nitrogen and oxygen atoms in total. The molecule has 9 heteroatoms. The Morgan fingerprint density at radius 1 is 1.12 bits per heavy atom. The third-order valence-electron chi connectivity index (χ3n) is 4.99. The quantitative estimate of drug-likeness (QED) is 0.586. The SMILES string of the molecule is CCNC(=O)C(C)N(Cc1cccc(C)c1)C(=O)CN(c1ccccc1OC)S(C)(=O)=O. The van der Waals surface area contributed by atoms with Crippen LogP contribution in [0.3, 0.4) is 0 Å². The molecule has 0 heterocycles. The summed E-state index contributed by atoms with van der Waals surface area (Å²) in [5.74, 6) is -0.481. The third-order valence-corrected chi connectivity index (χ3v) is 6.11. The van der Waals surface area contributed by atoms with Gasteiger partial charge in [-0.15, -0.1) is 0 Å². The topological polar surface area (TPSA) is 96.0 Å². The molecule has 0 aliphatic carbocycles. The number of anilines is 1. The van der Waals surface area contributed by atoms with Crippen LogP contribution in [-0.4, -0.2) is 57.6 Å². The summed E-state index contributed by atoms with van der Waals surface area (Å²) < 4.78 is 31.5. The van der Waals surface area contributed by atoms with Gasteiger partial charge in [0, 0.05) is 13.1 Å². The molecule has 2 rings (SSSR count). The Kier molecular flexibility index (Phi) is 8.65. The molecule has 2 aromatic rings. The van der Waals surface area contributed by atoms with Crippen LogP contribution < -0.4 is 14.4 Å². The number of rotatable bonds is 10. The Morgan fingerprint density at radius 3 is 2.41 bits per heavy atom. The summed E-state index contributed by atoms with van der Waals surface area (Å²) in [6, 6.07) is 13.4. The average molecular weight is 462 g/mol. The maximum absolute atomic E-state index is 13.4. The Labute approximate surface area is 190 Å². The molecule has 2 aromatic carbocycles. The van der Waals surface area contributed by atoms with Gasteiger partial charge >= 0.3 is 0 Å². The number of ether oxygens (including phenoxy) is 1. The number of para-hydroxylation sites is 2. The summed E-state index contributed by atoms with van der Waals surface area (Å²) in [4.78, 5) is 27.4. The van der Waals surface area contributed by atoms with Crippen molar-refractivity contribution in [3.63, 3.8) is 0 Å². The predicted octanol–water partition coefficient (Wildman–Crippen LogP) is 2.32. The molecule has 1 atom stereocenters. The van der Waals surface area contributed by atoms with Crippen LogP contribution in [0.25, 0.3) is 0 Å². The molecule has 0 fully saturated rings. The Bertz CT molecular complexity index is 1060. The second-order valence-electron chi connectivity index (χ2n) is 7.52. The number of nitrogens with one attached hydrogen (secondary N) is 1. The average Bonchev–Trinajstić information content (AvgIpc) is 2.74. The second kappa shape index (κ2) is 11.0. The largest absolute Gasteiger partial charge is 0.495 e. The van der Waals surface area contributed by atoms with Gasteiger partial charge in [0.25, 0.3) is 0 Å². The van der Waals surface area contributed by atoms with Crippen molar-refractivity contribution >= 4 is 27.5 Å². The zero-order valence-electron chi connectivity index (χ0n) is 19.2. The number of hydrogen-bond acceptors (Lipinski definition) is 5. The lowest BCUT2D eigenvalue weighted by Crippen LogP contribution is -2.51. The molecule has 0 aliphatic rings. The Morgan fingerprint density at radius 2 is 1.81 bits per heavy atom.